The molecule has 0 spiro atoms. The van der Waals surface area contributed by atoms with Crippen LogP contribution in [0.5, 0.6) is 0 Å². The lowest BCUT2D eigenvalue weighted by Gasteiger charge is -2.05. The Morgan fingerprint density at radius 3 is 2.36 bits per heavy atom. The second-order valence-corrected chi connectivity index (χ2v) is 5.47. The van der Waals surface area contributed by atoms with Gasteiger partial charge in [0.15, 0.2) is 0 Å². The van der Waals surface area contributed by atoms with Crippen LogP contribution in [0.25, 0.3) is 0 Å². The van der Waals surface area contributed by atoms with Crippen LogP contribution in [-0.4, -0.2) is 11.1 Å². The molecule has 0 heterocycles. The summed E-state index contributed by atoms with van der Waals surface area (Å²) in [5, 5.41) is 4.28. The van der Waals surface area contributed by atoms with E-state index in [0.717, 1.165) is 5.56 Å². The van der Waals surface area contributed by atoms with Gasteiger partial charge in [-0.1, -0.05) is 65.1 Å². The number of carbonyl (C=O) groups excluding carboxylic acids is 1. The average molecular weight is 358 g/mol. The maximum atomic E-state index is 11.7. The third-order valence-electron chi connectivity index (χ3n) is 2.53. The van der Waals surface area contributed by atoms with Crippen LogP contribution < -0.4 is 5.43 Å². The molecule has 0 saturated heterocycles. The van der Waals surface area contributed by atoms with Crippen molar-refractivity contribution in [1.82, 2.24) is 0 Å². The molecule has 2 aromatic rings. The highest BCUT2D eigenvalue weighted by Crippen LogP contribution is 2.22. The Morgan fingerprint density at radius 1 is 1.09 bits per heavy atom. The van der Waals surface area contributed by atoms with E-state index >= 15 is 0 Å². The second kappa shape index (κ2) is 8.03. The molecule has 0 atom stereocenters. The summed E-state index contributed by atoms with van der Waals surface area (Å²) < 4.78 is 5.03. The van der Waals surface area contributed by atoms with Crippen molar-refractivity contribution < 1.29 is 9.53 Å². The van der Waals surface area contributed by atoms with Gasteiger partial charge in [0.25, 0.3) is 0 Å². The summed E-state index contributed by atoms with van der Waals surface area (Å²) in [5.41, 5.74) is 3.95. The summed E-state index contributed by atoms with van der Waals surface area (Å²) in [6.45, 7) is 0.119. The molecule has 4 nitrogen and oxygen atoms in total. The molecule has 0 bridgehead atoms. The highest BCUT2D eigenvalue weighted by molar-refractivity contribution is 6.82. The molecule has 0 aliphatic carbocycles. The summed E-state index contributed by atoms with van der Waals surface area (Å²) in [4.78, 5) is 11.7. The van der Waals surface area contributed by atoms with Gasteiger partial charge in [-0.05, 0) is 23.8 Å². The monoisotopic (exact) mass is 356 g/mol. The first-order valence-corrected chi connectivity index (χ1v) is 7.34. The van der Waals surface area contributed by atoms with Gasteiger partial charge in [-0.25, -0.2) is 4.79 Å². The van der Waals surface area contributed by atoms with Crippen molar-refractivity contribution in [3.8, 4) is 0 Å². The number of rotatable bonds is 5. The van der Waals surface area contributed by atoms with E-state index in [0.29, 0.717) is 15.7 Å². The molecule has 22 heavy (non-hydrogen) atoms. The van der Waals surface area contributed by atoms with Crippen LogP contribution in [0.15, 0.2) is 53.6 Å². The average Bonchev–Trinajstić information content (AvgIpc) is 2.50. The number of hydrogen-bond donors (Lipinski definition) is 1. The second-order valence-electron chi connectivity index (χ2n) is 4.23. The van der Waals surface area contributed by atoms with Crippen molar-refractivity contribution in [1.29, 1.82) is 0 Å². The molecule has 0 radical (unpaired) electrons. The minimum absolute atomic E-state index is 0.119. The maximum Gasteiger partial charge on any atom is 0.371 e. The van der Waals surface area contributed by atoms with E-state index in [1.807, 2.05) is 30.3 Å². The van der Waals surface area contributed by atoms with E-state index in [1.54, 1.807) is 18.2 Å². The Balaban J connectivity index is 1.92. The van der Waals surface area contributed by atoms with E-state index in [9.17, 15) is 4.79 Å². The van der Waals surface area contributed by atoms with E-state index in [-0.39, 0.29) is 11.8 Å². The maximum absolute atomic E-state index is 11.7. The standard InChI is InChI=1S/C15H11Cl3N2O2/c16-11-6-12(17)8-13(7-11)19-20-14(18)15(21)22-9-10-4-2-1-3-5-10/h1-8,19H,9H2. The molecule has 0 saturated carbocycles. The highest BCUT2D eigenvalue weighted by Gasteiger charge is 2.10. The van der Waals surface area contributed by atoms with Gasteiger partial charge in [0.1, 0.15) is 6.61 Å². The first kappa shape index (κ1) is 16.6. The molecule has 0 amide bonds. The van der Waals surface area contributed by atoms with Crippen molar-refractivity contribution in [2.45, 2.75) is 6.61 Å². The van der Waals surface area contributed by atoms with Crippen LogP contribution in [-0.2, 0) is 16.1 Å². The summed E-state index contributed by atoms with van der Waals surface area (Å²) in [5.74, 6) is -0.730. The lowest BCUT2D eigenvalue weighted by atomic mass is 10.2. The zero-order valence-electron chi connectivity index (χ0n) is 11.2. The fourth-order valence-corrected chi connectivity index (χ4v) is 2.18. The minimum atomic E-state index is -0.730. The Kier molecular flexibility index (Phi) is 6.07. The van der Waals surface area contributed by atoms with E-state index in [1.165, 1.54) is 0 Å². The van der Waals surface area contributed by atoms with Gasteiger partial charge in [0.05, 0.1) is 5.69 Å². The molecular formula is C15H11Cl3N2O2. The number of carbonyl (C=O) groups is 1. The van der Waals surface area contributed by atoms with Crippen LogP contribution in [0.3, 0.4) is 0 Å². The molecule has 7 heteroatoms. The van der Waals surface area contributed by atoms with Crippen LogP contribution in [0, 0.1) is 0 Å². The molecule has 2 rings (SSSR count). The SMILES string of the molecule is O=C(OCc1ccccc1)C(Cl)=NNc1cc(Cl)cc(Cl)c1. The van der Waals surface area contributed by atoms with Crippen molar-refractivity contribution >= 4 is 51.6 Å². The van der Waals surface area contributed by atoms with Crippen LogP contribution >= 0.6 is 34.8 Å². The third-order valence-corrected chi connectivity index (χ3v) is 3.20. The lowest BCUT2D eigenvalue weighted by molar-refractivity contribution is -0.136. The van der Waals surface area contributed by atoms with Crippen LogP contribution in [0.2, 0.25) is 10.0 Å². The number of nitrogens with zero attached hydrogens (tertiary/aromatic N) is 1. The zero-order chi connectivity index (χ0) is 15.9. The summed E-state index contributed by atoms with van der Waals surface area (Å²) >= 11 is 17.5. The van der Waals surface area contributed by atoms with Gasteiger partial charge >= 0.3 is 5.97 Å². The molecular weight excluding hydrogens is 347 g/mol. The van der Waals surface area contributed by atoms with Crippen molar-refractivity contribution in [2.75, 3.05) is 5.43 Å². The Labute approximate surface area is 142 Å². The Hall–Kier alpha value is -1.75. The largest absolute Gasteiger partial charge is 0.455 e. The Morgan fingerprint density at radius 2 is 1.73 bits per heavy atom. The van der Waals surface area contributed by atoms with Gasteiger partial charge < -0.3 is 4.74 Å². The van der Waals surface area contributed by atoms with Gasteiger partial charge in [-0.15, -0.1) is 0 Å². The van der Waals surface area contributed by atoms with E-state index in [4.69, 9.17) is 39.5 Å². The minimum Gasteiger partial charge on any atom is -0.455 e. The molecule has 0 aliphatic heterocycles. The molecule has 114 valence electrons. The number of benzene rings is 2. The normalized spacial score (nSPS) is 11.1. The Bertz CT molecular complexity index is 670. The number of hydrogen-bond acceptors (Lipinski definition) is 4. The molecule has 0 aromatic heterocycles. The third kappa shape index (κ3) is 5.22. The topological polar surface area (TPSA) is 50.7 Å². The quantitative estimate of drug-likeness (QED) is 0.479. The first-order valence-electron chi connectivity index (χ1n) is 6.21. The number of anilines is 1. The summed E-state index contributed by atoms with van der Waals surface area (Å²) in [7, 11) is 0. The number of halogens is 3. The van der Waals surface area contributed by atoms with Crippen LogP contribution in [0.4, 0.5) is 5.69 Å². The van der Waals surface area contributed by atoms with Crippen molar-refractivity contribution in [2.24, 2.45) is 5.10 Å². The molecule has 0 unspecified atom stereocenters. The predicted molar refractivity (Wildman–Crippen MR) is 89.6 cm³/mol. The number of esters is 1. The lowest BCUT2D eigenvalue weighted by Crippen LogP contribution is -2.13. The molecule has 0 fully saturated rings. The molecule has 1 N–H and O–H groups in total. The van der Waals surface area contributed by atoms with E-state index in [2.05, 4.69) is 10.5 Å². The fourth-order valence-electron chi connectivity index (χ4n) is 1.56. The predicted octanol–water partition coefficient (Wildman–Crippen LogP) is 4.70. The van der Waals surface area contributed by atoms with Gasteiger partial charge in [-0.3, -0.25) is 5.43 Å². The van der Waals surface area contributed by atoms with Gasteiger partial charge in [-0.2, -0.15) is 5.10 Å². The van der Waals surface area contributed by atoms with E-state index < -0.39 is 5.97 Å². The highest BCUT2D eigenvalue weighted by atomic mass is 35.5. The smallest absolute Gasteiger partial charge is 0.371 e. The fraction of sp³-hybridized carbons (Fsp3) is 0.0667. The van der Waals surface area contributed by atoms with Crippen molar-refractivity contribution in [3.05, 3.63) is 64.1 Å². The number of nitrogens with one attached hydrogen (secondary N) is 1. The number of ether oxygens (including phenoxy) is 1. The van der Waals surface area contributed by atoms with Gasteiger partial charge in [0, 0.05) is 10.0 Å². The molecule has 0 aliphatic rings. The van der Waals surface area contributed by atoms with Gasteiger partial charge in [0.2, 0.25) is 5.17 Å². The number of hydrazone groups is 1. The van der Waals surface area contributed by atoms with Crippen LogP contribution in [0.1, 0.15) is 5.56 Å². The molecule has 2 aromatic carbocycles. The summed E-state index contributed by atoms with van der Waals surface area (Å²) in [6, 6.07) is 14.0. The summed E-state index contributed by atoms with van der Waals surface area (Å²) in [6.07, 6.45) is 0. The zero-order valence-corrected chi connectivity index (χ0v) is 13.5. The van der Waals surface area contributed by atoms with Crippen molar-refractivity contribution in [3.63, 3.8) is 0 Å². The first-order chi connectivity index (χ1) is 10.5.